The average molecular weight is 266 g/mol. The molecule has 106 valence electrons. The molecule has 0 saturated heterocycles. The third kappa shape index (κ3) is 6.71. The number of aliphatic hydroxyl groups is 1. The van der Waals surface area contributed by atoms with Crippen molar-refractivity contribution in [3.8, 4) is 0 Å². The first-order valence-corrected chi connectivity index (χ1v) is 6.55. The van der Waals surface area contributed by atoms with E-state index in [9.17, 15) is 9.90 Å². The zero-order valence-corrected chi connectivity index (χ0v) is 11.5. The van der Waals surface area contributed by atoms with Gasteiger partial charge in [0.1, 0.15) is 0 Å². The van der Waals surface area contributed by atoms with E-state index in [1.807, 2.05) is 13.8 Å². The van der Waals surface area contributed by atoms with Gasteiger partial charge in [-0.25, -0.2) is 9.97 Å². The Balaban J connectivity index is 2.06. The molecule has 6 heteroatoms. The Hall–Kier alpha value is -1.69. The van der Waals surface area contributed by atoms with Gasteiger partial charge in [0.15, 0.2) is 0 Å². The van der Waals surface area contributed by atoms with Crippen LogP contribution in [0.4, 0.5) is 5.95 Å². The fourth-order valence-corrected chi connectivity index (χ4v) is 1.40. The zero-order valence-electron chi connectivity index (χ0n) is 11.5. The molecule has 1 unspecified atom stereocenters. The number of anilines is 1. The molecule has 0 radical (unpaired) electrons. The molecule has 1 aromatic heterocycles. The first kappa shape index (κ1) is 15.4. The first-order chi connectivity index (χ1) is 9.09. The van der Waals surface area contributed by atoms with Crippen LogP contribution in [0.1, 0.15) is 26.7 Å². The second-order valence-electron chi connectivity index (χ2n) is 4.72. The van der Waals surface area contributed by atoms with Gasteiger partial charge in [-0.05, 0) is 18.4 Å². The maximum absolute atomic E-state index is 11.5. The van der Waals surface area contributed by atoms with E-state index in [-0.39, 0.29) is 18.2 Å². The van der Waals surface area contributed by atoms with Crippen LogP contribution in [-0.2, 0) is 4.79 Å². The van der Waals surface area contributed by atoms with E-state index >= 15 is 0 Å². The summed E-state index contributed by atoms with van der Waals surface area (Å²) >= 11 is 0. The van der Waals surface area contributed by atoms with E-state index in [4.69, 9.17) is 0 Å². The summed E-state index contributed by atoms with van der Waals surface area (Å²) in [6, 6.07) is 1.76. The van der Waals surface area contributed by atoms with E-state index < -0.39 is 6.10 Å². The summed E-state index contributed by atoms with van der Waals surface area (Å²) in [6.45, 7) is 5.05. The Kier molecular flexibility index (Phi) is 6.81. The van der Waals surface area contributed by atoms with Crippen LogP contribution in [0.15, 0.2) is 18.5 Å². The number of amides is 1. The van der Waals surface area contributed by atoms with Crippen LogP contribution < -0.4 is 10.6 Å². The van der Waals surface area contributed by atoms with Crippen molar-refractivity contribution in [3.63, 3.8) is 0 Å². The summed E-state index contributed by atoms with van der Waals surface area (Å²) in [7, 11) is 0. The summed E-state index contributed by atoms with van der Waals surface area (Å²) < 4.78 is 0. The van der Waals surface area contributed by atoms with Crippen LogP contribution in [0.25, 0.3) is 0 Å². The summed E-state index contributed by atoms with van der Waals surface area (Å²) in [4.78, 5) is 19.5. The molecule has 1 amide bonds. The normalized spacial score (nSPS) is 12.2. The van der Waals surface area contributed by atoms with Gasteiger partial charge in [-0.2, -0.15) is 0 Å². The van der Waals surface area contributed by atoms with Crippen LogP contribution in [0, 0.1) is 5.92 Å². The number of hydrogen-bond acceptors (Lipinski definition) is 5. The lowest BCUT2D eigenvalue weighted by Crippen LogP contribution is -2.30. The molecule has 0 aromatic carbocycles. The lowest BCUT2D eigenvalue weighted by atomic mass is 10.0. The highest BCUT2D eigenvalue weighted by Crippen LogP contribution is 2.04. The van der Waals surface area contributed by atoms with Crippen molar-refractivity contribution in [2.24, 2.45) is 5.92 Å². The minimum atomic E-state index is -0.573. The van der Waals surface area contributed by atoms with E-state index in [1.54, 1.807) is 18.5 Å². The van der Waals surface area contributed by atoms with Crippen LogP contribution in [-0.4, -0.2) is 40.2 Å². The van der Waals surface area contributed by atoms with Crippen molar-refractivity contribution in [2.75, 3.05) is 18.4 Å². The van der Waals surface area contributed by atoms with Gasteiger partial charge >= 0.3 is 0 Å². The summed E-state index contributed by atoms with van der Waals surface area (Å²) in [6.07, 6.45) is 3.71. The Labute approximate surface area is 113 Å². The molecule has 0 spiro atoms. The van der Waals surface area contributed by atoms with Crippen LogP contribution >= 0.6 is 0 Å². The number of aliphatic hydroxyl groups excluding tert-OH is 1. The monoisotopic (exact) mass is 266 g/mol. The molecular weight excluding hydrogens is 244 g/mol. The van der Waals surface area contributed by atoms with E-state index in [0.29, 0.717) is 19.0 Å². The van der Waals surface area contributed by atoms with Gasteiger partial charge in [0, 0.05) is 25.5 Å². The molecule has 0 saturated carbocycles. The van der Waals surface area contributed by atoms with Crippen molar-refractivity contribution < 1.29 is 9.90 Å². The molecule has 0 fully saturated rings. The number of rotatable bonds is 8. The van der Waals surface area contributed by atoms with Crippen molar-refractivity contribution in [1.29, 1.82) is 0 Å². The number of carbonyl (C=O) groups is 1. The van der Waals surface area contributed by atoms with Crippen molar-refractivity contribution in [3.05, 3.63) is 18.5 Å². The highest BCUT2D eigenvalue weighted by Gasteiger charge is 2.13. The van der Waals surface area contributed by atoms with E-state index in [2.05, 4.69) is 20.6 Å². The summed E-state index contributed by atoms with van der Waals surface area (Å²) in [5, 5.41) is 15.4. The quantitative estimate of drug-likeness (QED) is 0.606. The molecule has 6 nitrogen and oxygen atoms in total. The lowest BCUT2D eigenvalue weighted by Gasteiger charge is -2.13. The maximum atomic E-state index is 11.5. The van der Waals surface area contributed by atoms with Crippen LogP contribution in [0.2, 0.25) is 0 Å². The van der Waals surface area contributed by atoms with Crippen LogP contribution in [0.5, 0.6) is 0 Å². The van der Waals surface area contributed by atoms with Gasteiger partial charge in [0.25, 0.3) is 0 Å². The largest absolute Gasteiger partial charge is 0.392 e. The van der Waals surface area contributed by atoms with Crippen molar-refractivity contribution in [2.45, 2.75) is 32.8 Å². The fraction of sp³-hybridized carbons (Fsp3) is 0.615. The predicted octanol–water partition coefficient (Wildman–Crippen LogP) is 0.802. The summed E-state index contributed by atoms with van der Waals surface area (Å²) in [5.74, 6) is 0.573. The minimum Gasteiger partial charge on any atom is -0.392 e. The first-order valence-electron chi connectivity index (χ1n) is 6.55. The lowest BCUT2D eigenvalue weighted by molar-refractivity contribution is -0.123. The predicted molar refractivity (Wildman–Crippen MR) is 73.6 cm³/mol. The topological polar surface area (TPSA) is 87.1 Å². The molecule has 0 aliphatic rings. The smallest absolute Gasteiger partial charge is 0.222 e. The van der Waals surface area contributed by atoms with E-state index in [0.717, 1.165) is 6.42 Å². The minimum absolute atomic E-state index is 0.0997. The number of nitrogens with zero attached hydrogens (tertiary/aromatic N) is 2. The van der Waals surface area contributed by atoms with Crippen molar-refractivity contribution >= 4 is 11.9 Å². The van der Waals surface area contributed by atoms with Gasteiger partial charge < -0.3 is 15.7 Å². The van der Waals surface area contributed by atoms with Gasteiger partial charge in [0.2, 0.25) is 11.9 Å². The molecule has 1 rings (SSSR count). The molecule has 0 bridgehead atoms. The number of carbonyl (C=O) groups excluding carboxylic acids is 1. The molecule has 1 aromatic rings. The van der Waals surface area contributed by atoms with Gasteiger partial charge in [-0.3, -0.25) is 4.79 Å². The molecule has 19 heavy (non-hydrogen) atoms. The highest BCUT2D eigenvalue weighted by molar-refractivity contribution is 5.76. The second kappa shape index (κ2) is 8.42. The highest BCUT2D eigenvalue weighted by atomic mass is 16.3. The number of aromatic nitrogens is 2. The molecule has 3 N–H and O–H groups in total. The fourth-order valence-electron chi connectivity index (χ4n) is 1.40. The zero-order chi connectivity index (χ0) is 14.1. The molecular formula is C13H22N4O2. The Morgan fingerprint density at radius 2 is 2.00 bits per heavy atom. The third-order valence-electron chi connectivity index (χ3n) is 2.69. The van der Waals surface area contributed by atoms with E-state index in [1.165, 1.54) is 0 Å². The molecule has 0 aliphatic carbocycles. The average Bonchev–Trinajstić information content (AvgIpc) is 2.39. The van der Waals surface area contributed by atoms with Crippen molar-refractivity contribution in [1.82, 2.24) is 15.3 Å². The Morgan fingerprint density at radius 1 is 1.32 bits per heavy atom. The molecule has 1 heterocycles. The standard InChI is InChI=1S/C13H22N4O2/c1-10(2)11(18)9-12(19)14-5-3-6-15-13-16-7-4-8-17-13/h4,7-8,10-11,18H,3,5-6,9H2,1-2H3,(H,14,19)(H,15,16,17). The van der Waals surface area contributed by atoms with Gasteiger partial charge in [-0.1, -0.05) is 13.8 Å². The SMILES string of the molecule is CC(C)C(O)CC(=O)NCCCNc1ncccn1. The maximum Gasteiger partial charge on any atom is 0.222 e. The Bertz CT molecular complexity index is 370. The van der Waals surface area contributed by atoms with Crippen LogP contribution in [0.3, 0.4) is 0 Å². The second-order valence-corrected chi connectivity index (χ2v) is 4.72. The third-order valence-corrected chi connectivity index (χ3v) is 2.69. The Morgan fingerprint density at radius 3 is 2.63 bits per heavy atom. The number of nitrogens with one attached hydrogen (secondary N) is 2. The number of hydrogen-bond donors (Lipinski definition) is 3. The van der Waals surface area contributed by atoms with Gasteiger partial charge in [-0.15, -0.1) is 0 Å². The summed E-state index contributed by atoms with van der Waals surface area (Å²) in [5.41, 5.74) is 0. The molecule has 1 atom stereocenters. The molecule has 0 aliphatic heterocycles. The van der Waals surface area contributed by atoms with Gasteiger partial charge in [0.05, 0.1) is 12.5 Å².